The summed E-state index contributed by atoms with van der Waals surface area (Å²) in [5.74, 6) is 0.516. The molecule has 0 spiro atoms. The van der Waals surface area contributed by atoms with Crippen molar-refractivity contribution in [2.45, 2.75) is 66.1 Å². The maximum absolute atomic E-state index is 13.3. The molecule has 5 heteroatoms. The van der Waals surface area contributed by atoms with Crippen LogP contribution in [-0.2, 0) is 22.6 Å². The van der Waals surface area contributed by atoms with Gasteiger partial charge in [-0.1, -0.05) is 41.5 Å². The molecule has 162 valence electrons. The predicted octanol–water partition coefficient (Wildman–Crippen LogP) is 4.19. The van der Waals surface area contributed by atoms with Gasteiger partial charge in [0, 0.05) is 12.1 Å². The number of carbonyl (C=O) groups is 2. The number of methoxy groups -OCH3 is 1. The molecule has 2 amide bonds. The molecule has 0 bridgehead atoms. The molecule has 0 saturated heterocycles. The summed E-state index contributed by atoms with van der Waals surface area (Å²) in [7, 11) is 1.62. The molecule has 0 radical (unpaired) electrons. The molecular weight excluding hydrogens is 376 g/mol. The van der Waals surface area contributed by atoms with Gasteiger partial charge in [0.25, 0.3) is 0 Å². The van der Waals surface area contributed by atoms with Crippen LogP contribution in [0.15, 0.2) is 42.5 Å². The van der Waals surface area contributed by atoms with Crippen LogP contribution in [0.4, 0.5) is 0 Å². The fraction of sp³-hybridized carbons (Fsp3) is 0.440. The van der Waals surface area contributed by atoms with E-state index in [2.05, 4.69) is 11.4 Å². The molecule has 5 nitrogen and oxygen atoms in total. The van der Waals surface area contributed by atoms with Crippen LogP contribution in [0, 0.1) is 13.8 Å². The van der Waals surface area contributed by atoms with Crippen molar-refractivity contribution in [3.8, 4) is 5.75 Å². The molecule has 1 atom stereocenters. The van der Waals surface area contributed by atoms with Crippen LogP contribution >= 0.6 is 0 Å². The summed E-state index contributed by atoms with van der Waals surface area (Å²) in [6, 6.07) is 13.1. The average Bonchev–Trinajstić information content (AvgIpc) is 2.63. The molecule has 1 N–H and O–H groups in total. The molecule has 0 fully saturated rings. The van der Waals surface area contributed by atoms with E-state index in [-0.39, 0.29) is 23.8 Å². The Kier molecular flexibility index (Phi) is 7.65. The topological polar surface area (TPSA) is 58.6 Å². The van der Waals surface area contributed by atoms with Crippen LogP contribution in [0.5, 0.6) is 5.75 Å². The zero-order valence-corrected chi connectivity index (χ0v) is 19.2. The first-order valence-corrected chi connectivity index (χ1v) is 10.3. The SMILES string of the molecule is COc1ccc(CN(C(=O)Cc2cc(C)cc(C)c2)[C@@H](C)C(=O)NC(C)(C)C)cc1. The molecule has 0 unspecified atom stereocenters. The third-order valence-electron chi connectivity index (χ3n) is 4.81. The second kappa shape index (κ2) is 9.79. The molecule has 0 aliphatic carbocycles. The minimum Gasteiger partial charge on any atom is -0.497 e. The summed E-state index contributed by atoms with van der Waals surface area (Å²) in [6.45, 7) is 12.0. The van der Waals surface area contributed by atoms with Crippen molar-refractivity contribution in [2.24, 2.45) is 0 Å². The van der Waals surface area contributed by atoms with Gasteiger partial charge in [-0.3, -0.25) is 9.59 Å². The molecule has 30 heavy (non-hydrogen) atoms. The maximum atomic E-state index is 13.3. The zero-order chi connectivity index (χ0) is 22.5. The molecule has 0 saturated carbocycles. The van der Waals surface area contributed by atoms with E-state index in [9.17, 15) is 9.59 Å². The summed E-state index contributed by atoms with van der Waals surface area (Å²) in [5, 5.41) is 2.99. The summed E-state index contributed by atoms with van der Waals surface area (Å²) >= 11 is 0. The summed E-state index contributed by atoms with van der Waals surface area (Å²) in [6.07, 6.45) is 0.256. The molecule has 0 aromatic heterocycles. The lowest BCUT2D eigenvalue weighted by molar-refractivity contribution is -0.140. The van der Waals surface area contributed by atoms with Crippen LogP contribution in [0.1, 0.15) is 49.9 Å². The lowest BCUT2D eigenvalue weighted by Crippen LogP contribution is -2.52. The van der Waals surface area contributed by atoms with Crippen LogP contribution < -0.4 is 10.1 Å². The van der Waals surface area contributed by atoms with Gasteiger partial charge in [-0.15, -0.1) is 0 Å². The first-order chi connectivity index (χ1) is 14.0. The van der Waals surface area contributed by atoms with Gasteiger partial charge in [0.2, 0.25) is 11.8 Å². The van der Waals surface area contributed by atoms with Crippen molar-refractivity contribution in [3.05, 3.63) is 64.7 Å². The number of rotatable bonds is 7. The third-order valence-corrected chi connectivity index (χ3v) is 4.81. The van der Waals surface area contributed by atoms with Gasteiger partial charge in [0.05, 0.1) is 13.5 Å². The normalized spacial score (nSPS) is 12.2. The molecule has 0 heterocycles. The van der Waals surface area contributed by atoms with E-state index in [0.717, 1.165) is 28.0 Å². The summed E-state index contributed by atoms with van der Waals surface area (Å²) in [4.78, 5) is 27.8. The largest absolute Gasteiger partial charge is 0.497 e. The molecule has 2 aromatic carbocycles. The highest BCUT2D eigenvalue weighted by Crippen LogP contribution is 2.17. The van der Waals surface area contributed by atoms with E-state index in [1.54, 1.807) is 18.9 Å². The molecule has 2 rings (SSSR count). The Balaban J connectivity index is 2.28. The van der Waals surface area contributed by atoms with Crippen LogP contribution in [0.2, 0.25) is 0 Å². The fourth-order valence-electron chi connectivity index (χ4n) is 3.43. The van der Waals surface area contributed by atoms with Crippen LogP contribution in [-0.4, -0.2) is 35.4 Å². The Hall–Kier alpha value is -2.82. The minimum atomic E-state index is -0.593. The number of carbonyl (C=O) groups excluding carboxylic acids is 2. The second-order valence-corrected chi connectivity index (χ2v) is 8.96. The van der Waals surface area contributed by atoms with E-state index in [4.69, 9.17) is 4.74 Å². The van der Waals surface area contributed by atoms with Crippen molar-refractivity contribution in [3.63, 3.8) is 0 Å². The van der Waals surface area contributed by atoms with Crippen molar-refractivity contribution < 1.29 is 14.3 Å². The highest BCUT2D eigenvalue weighted by Gasteiger charge is 2.28. The number of amides is 2. The van der Waals surface area contributed by atoms with E-state index < -0.39 is 6.04 Å². The Morgan fingerprint density at radius 2 is 1.57 bits per heavy atom. The van der Waals surface area contributed by atoms with Gasteiger partial charge in [0.15, 0.2) is 0 Å². The number of ether oxygens (including phenoxy) is 1. The Morgan fingerprint density at radius 3 is 2.07 bits per heavy atom. The molecule has 0 aliphatic heterocycles. The lowest BCUT2D eigenvalue weighted by Gasteiger charge is -2.31. The lowest BCUT2D eigenvalue weighted by atomic mass is 10.0. The first-order valence-electron chi connectivity index (χ1n) is 10.3. The highest BCUT2D eigenvalue weighted by atomic mass is 16.5. The standard InChI is InChI=1S/C25H34N2O3/c1-17-12-18(2)14-21(13-17)15-23(28)27(19(3)24(29)26-25(4,5)6)16-20-8-10-22(30-7)11-9-20/h8-14,19H,15-16H2,1-7H3,(H,26,29)/t19-/m0/s1. The zero-order valence-electron chi connectivity index (χ0n) is 19.2. The van der Waals surface area contributed by atoms with Crippen molar-refractivity contribution in [1.29, 1.82) is 0 Å². The van der Waals surface area contributed by atoms with Crippen LogP contribution in [0.3, 0.4) is 0 Å². The van der Waals surface area contributed by atoms with Gasteiger partial charge in [-0.2, -0.15) is 0 Å². The summed E-state index contributed by atoms with van der Waals surface area (Å²) in [5.41, 5.74) is 3.78. The number of nitrogens with one attached hydrogen (secondary N) is 1. The van der Waals surface area contributed by atoms with Gasteiger partial charge in [-0.05, 0) is 64.8 Å². The van der Waals surface area contributed by atoms with E-state index in [0.29, 0.717) is 6.54 Å². The number of benzene rings is 2. The van der Waals surface area contributed by atoms with Crippen molar-refractivity contribution in [2.75, 3.05) is 7.11 Å². The quantitative estimate of drug-likeness (QED) is 0.745. The number of nitrogens with zero attached hydrogens (tertiary/aromatic N) is 1. The number of aryl methyl sites for hydroxylation is 2. The van der Waals surface area contributed by atoms with E-state index in [1.807, 2.05) is 71.0 Å². The summed E-state index contributed by atoms with van der Waals surface area (Å²) < 4.78 is 5.22. The highest BCUT2D eigenvalue weighted by molar-refractivity contribution is 5.88. The average molecular weight is 411 g/mol. The number of hydrogen-bond acceptors (Lipinski definition) is 3. The number of hydrogen-bond donors (Lipinski definition) is 1. The van der Waals surface area contributed by atoms with Gasteiger partial charge in [-0.25, -0.2) is 0 Å². The Morgan fingerprint density at radius 1 is 1.00 bits per heavy atom. The van der Waals surface area contributed by atoms with Crippen LogP contribution in [0.25, 0.3) is 0 Å². The Labute approximate surface area is 180 Å². The predicted molar refractivity (Wildman–Crippen MR) is 121 cm³/mol. The van der Waals surface area contributed by atoms with Crippen molar-refractivity contribution in [1.82, 2.24) is 10.2 Å². The van der Waals surface area contributed by atoms with E-state index in [1.165, 1.54) is 0 Å². The third kappa shape index (κ3) is 6.90. The van der Waals surface area contributed by atoms with Gasteiger partial charge < -0.3 is 15.0 Å². The van der Waals surface area contributed by atoms with Crippen molar-refractivity contribution >= 4 is 11.8 Å². The van der Waals surface area contributed by atoms with Gasteiger partial charge in [0.1, 0.15) is 11.8 Å². The molecule has 0 aliphatic rings. The minimum absolute atomic E-state index is 0.0765. The molecular formula is C25H34N2O3. The fourth-order valence-corrected chi connectivity index (χ4v) is 3.43. The van der Waals surface area contributed by atoms with Gasteiger partial charge >= 0.3 is 0 Å². The smallest absolute Gasteiger partial charge is 0.242 e. The Bertz CT molecular complexity index is 862. The monoisotopic (exact) mass is 410 g/mol. The molecule has 2 aromatic rings. The first kappa shape index (κ1) is 23.5. The maximum Gasteiger partial charge on any atom is 0.242 e. The second-order valence-electron chi connectivity index (χ2n) is 8.96. The van der Waals surface area contributed by atoms with E-state index >= 15 is 0 Å².